The van der Waals surface area contributed by atoms with E-state index in [2.05, 4.69) is 5.10 Å². The number of hydrogen-bond donors (Lipinski definition) is 1. The van der Waals surface area contributed by atoms with Gasteiger partial charge in [0, 0.05) is 31.3 Å². The van der Waals surface area contributed by atoms with Gasteiger partial charge < -0.3 is 10.0 Å². The number of carboxylic acid groups (broad SMARTS) is 1. The van der Waals surface area contributed by atoms with Crippen molar-refractivity contribution in [1.82, 2.24) is 14.7 Å². The fourth-order valence-corrected chi connectivity index (χ4v) is 4.16. The third kappa shape index (κ3) is 2.84. The van der Waals surface area contributed by atoms with Crippen molar-refractivity contribution in [2.75, 3.05) is 0 Å². The first-order chi connectivity index (χ1) is 11.4. The minimum atomic E-state index is -0.844. The van der Waals surface area contributed by atoms with Gasteiger partial charge in [0.05, 0.1) is 17.7 Å². The summed E-state index contributed by atoms with van der Waals surface area (Å²) < 4.78 is 1.80. The van der Waals surface area contributed by atoms with E-state index < -0.39 is 17.9 Å². The van der Waals surface area contributed by atoms with Gasteiger partial charge in [-0.1, -0.05) is 0 Å². The molecule has 0 saturated carbocycles. The highest BCUT2D eigenvalue weighted by Crippen LogP contribution is 2.39. The van der Waals surface area contributed by atoms with Gasteiger partial charge in [0.1, 0.15) is 0 Å². The van der Waals surface area contributed by atoms with Crippen LogP contribution in [0.25, 0.3) is 0 Å². The predicted octanol–water partition coefficient (Wildman–Crippen LogP) is 2.66. The third-order valence-corrected chi connectivity index (χ3v) is 5.60. The van der Waals surface area contributed by atoms with Gasteiger partial charge in [-0.25, -0.2) is 0 Å². The summed E-state index contributed by atoms with van der Waals surface area (Å²) in [4.78, 5) is 26.1. The smallest absolute Gasteiger partial charge is 0.308 e. The fraction of sp³-hybridized carbons (Fsp3) is 0.471. The van der Waals surface area contributed by atoms with E-state index in [0.29, 0.717) is 13.0 Å². The Hall–Kier alpha value is -2.15. The summed E-state index contributed by atoms with van der Waals surface area (Å²) in [6, 6.07) is 1.49. The molecule has 2 atom stereocenters. The number of carbonyl (C=O) groups is 2. The number of amides is 1. The van der Waals surface area contributed by atoms with Crippen molar-refractivity contribution in [3.63, 3.8) is 0 Å². The van der Waals surface area contributed by atoms with Crippen LogP contribution < -0.4 is 0 Å². The molecule has 1 fully saturated rings. The Morgan fingerprint density at radius 3 is 2.75 bits per heavy atom. The van der Waals surface area contributed by atoms with Gasteiger partial charge in [0.15, 0.2) is 0 Å². The minimum absolute atomic E-state index is 0.00588. The molecule has 1 aliphatic rings. The van der Waals surface area contributed by atoms with Crippen LogP contribution in [0.2, 0.25) is 0 Å². The summed E-state index contributed by atoms with van der Waals surface area (Å²) in [5.41, 5.74) is 3.78. The van der Waals surface area contributed by atoms with E-state index in [9.17, 15) is 14.7 Å². The Labute approximate surface area is 144 Å². The molecule has 0 spiro atoms. The second-order valence-electron chi connectivity index (χ2n) is 6.28. The van der Waals surface area contributed by atoms with Crippen LogP contribution in [0.4, 0.5) is 0 Å². The molecule has 128 valence electrons. The molecular formula is C17H21N3O3S. The normalized spacial score (nSPS) is 21.3. The molecule has 0 bridgehead atoms. The van der Waals surface area contributed by atoms with Gasteiger partial charge in [-0.05, 0) is 42.7 Å². The van der Waals surface area contributed by atoms with Gasteiger partial charge in [-0.3, -0.25) is 14.3 Å². The van der Waals surface area contributed by atoms with E-state index >= 15 is 0 Å². The summed E-state index contributed by atoms with van der Waals surface area (Å²) in [5, 5.41) is 17.9. The van der Waals surface area contributed by atoms with E-state index in [1.54, 1.807) is 9.58 Å². The lowest BCUT2D eigenvalue weighted by Crippen LogP contribution is -2.44. The van der Waals surface area contributed by atoms with E-state index in [4.69, 9.17) is 0 Å². The first kappa shape index (κ1) is 16.7. The van der Waals surface area contributed by atoms with Gasteiger partial charge in [-0.15, -0.1) is 0 Å². The number of carbonyl (C=O) groups excluding carboxylic acids is 1. The molecule has 1 aliphatic heterocycles. The summed E-state index contributed by atoms with van der Waals surface area (Å²) in [6.07, 6.45) is 0.659. The Morgan fingerprint density at radius 2 is 2.21 bits per heavy atom. The Bertz CT molecular complexity index is 766. The Kier molecular flexibility index (Phi) is 4.45. The topological polar surface area (TPSA) is 75.4 Å². The van der Waals surface area contributed by atoms with Crippen LogP contribution in [0.1, 0.15) is 41.4 Å². The molecule has 0 aliphatic carbocycles. The van der Waals surface area contributed by atoms with Gasteiger partial charge in [0.2, 0.25) is 5.91 Å². The molecule has 3 heterocycles. The number of hydrogen-bond acceptors (Lipinski definition) is 4. The van der Waals surface area contributed by atoms with Crippen LogP contribution in [-0.4, -0.2) is 31.7 Å². The van der Waals surface area contributed by atoms with E-state index in [1.165, 1.54) is 11.3 Å². The number of carboxylic acids is 1. The highest BCUT2D eigenvalue weighted by Gasteiger charge is 2.41. The number of aliphatic carboxylic acids is 1. The molecule has 24 heavy (non-hydrogen) atoms. The lowest BCUT2D eigenvalue weighted by Gasteiger charge is -2.39. The summed E-state index contributed by atoms with van der Waals surface area (Å²) >= 11 is 1.52. The van der Waals surface area contributed by atoms with Crippen LogP contribution in [0.15, 0.2) is 16.8 Å². The number of thiophene rings is 1. The van der Waals surface area contributed by atoms with E-state index in [1.807, 2.05) is 37.7 Å². The minimum Gasteiger partial charge on any atom is -0.481 e. The lowest BCUT2D eigenvalue weighted by molar-refractivity contribution is -0.152. The first-order valence-electron chi connectivity index (χ1n) is 7.93. The largest absolute Gasteiger partial charge is 0.481 e. The van der Waals surface area contributed by atoms with Crippen molar-refractivity contribution in [2.45, 2.75) is 39.3 Å². The number of aryl methyl sites for hydroxylation is 2. The second-order valence-corrected chi connectivity index (χ2v) is 7.06. The molecule has 0 aromatic carbocycles. The molecule has 2 aromatic rings. The average Bonchev–Trinajstić information content (AvgIpc) is 3.13. The third-order valence-electron chi connectivity index (χ3n) is 4.90. The van der Waals surface area contributed by atoms with Crippen molar-refractivity contribution in [3.8, 4) is 0 Å². The summed E-state index contributed by atoms with van der Waals surface area (Å²) in [6.45, 7) is 4.29. The zero-order valence-corrected chi connectivity index (χ0v) is 14.8. The van der Waals surface area contributed by atoms with Crippen molar-refractivity contribution in [3.05, 3.63) is 39.3 Å². The maximum Gasteiger partial charge on any atom is 0.308 e. The van der Waals surface area contributed by atoms with Gasteiger partial charge in [-0.2, -0.15) is 16.4 Å². The van der Waals surface area contributed by atoms with Crippen LogP contribution in [-0.2, 0) is 23.2 Å². The van der Waals surface area contributed by atoms with Crippen molar-refractivity contribution in [1.29, 1.82) is 0 Å². The van der Waals surface area contributed by atoms with Crippen molar-refractivity contribution < 1.29 is 14.7 Å². The molecular weight excluding hydrogens is 326 g/mol. The molecule has 3 rings (SSSR count). The SMILES string of the molecule is Cc1nn(C)c(C)c1CN1C(=O)CC[C@H](C(=O)O)[C@@H]1c1ccsc1. The summed E-state index contributed by atoms with van der Waals surface area (Å²) in [5.74, 6) is -1.41. The van der Waals surface area contributed by atoms with Crippen LogP contribution in [0, 0.1) is 19.8 Å². The van der Waals surface area contributed by atoms with Gasteiger partial charge >= 0.3 is 5.97 Å². The second kappa shape index (κ2) is 6.39. The molecule has 0 radical (unpaired) electrons. The quantitative estimate of drug-likeness (QED) is 0.922. The van der Waals surface area contributed by atoms with Gasteiger partial charge in [0.25, 0.3) is 0 Å². The number of piperidine rings is 1. The zero-order chi connectivity index (χ0) is 17.4. The van der Waals surface area contributed by atoms with Crippen LogP contribution in [0.3, 0.4) is 0 Å². The standard InChI is InChI=1S/C17H21N3O3S/c1-10-14(11(2)19(3)18-10)8-20-15(21)5-4-13(17(22)23)16(20)12-6-7-24-9-12/h6-7,9,13,16H,4-5,8H2,1-3H3,(H,22,23)/t13-,16-/m0/s1. The molecule has 1 N–H and O–H groups in total. The molecule has 2 aromatic heterocycles. The highest BCUT2D eigenvalue weighted by molar-refractivity contribution is 7.08. The maximum atomic E-state index is 12.6. The molecule has 7 heteroatoms. The average molecular weight is 347 g/mol. The summed E-state index contributed by atoms with van der Waals surface area (Å²) in [7, 11) is 1.88. The highest BCUT2D eigenvalue weighted by atomic mass is 32.1. The Balaban J connectivity index is 2.01. The molecule has 1 saturated heterocycles. The van der Waals surface area contributed by atoms with Crippen molar-refractivity contribution >= 4 is 23.2 Å². The van der Waals surface area contributed by atoms with Crippen LogP contribution >= 0.6 is 11.3 Å². The number of rotatable bonds is 4. The molecule has 6 nitrogen and oxygen atoms in total. The monoisotopic (exact) mass is 347 g/mol. The number of aromatic nitrogens is 2. The predicted molar refractivity (Wildman–Crippen MR) is 90.7 cm³/mol. The van der Waals surface area contributed by atoms with Crippen molar-refractivity contribution in [2.24, 2.45) is 13.0 Å². The molecule has 0 unspecified atom stereocenters. The number of likely N-dealkylation sites (tertiary alicyclic amines) is 1. The lowest BCUT2D eigenvalue weighted by atomic mass is 9.85. The Morgan fingerprint density at radius 1 is 1.46 bits per heavy atom. The van der Waals surface area contributed by atoms with E-state index in [-0.39, 0.29) is 12.3 Å². The first-order valence-corrected chi connectivity index (χ1v) is 8.88. The van der Waals surface area contributed by atoms with E-state index in [0.717, 1.165) is 22.5 Å². The number of nitrogens with zero attached hydrogens (tertiary/aromatic N) is 3. The fourth-order valence-electron chi connectivity index (χ4n) is 3.47. The molecule has 1 amide bonds. The zero-order valence-electron chi connectivity index (χ0n) is 14.0. The maximum absolute atomic E-state index is 12.6. The van der Waals surface area contributed by atoms with Crippen LogP contribution in [0.5, 0.6) is 0 Å².